The van der Waals surface area contributed by atoms with Crippen molar-refractivity contribution in [3.8, 4) is 0 Å². The first kappa shape index (κ1) is 17.8. The van der Waals surface area contributed by atoms with Crippen LogP contribution in [0, 0.1) is 0 Å². The van der Waals surface area contributed by atoms with Crippen LogP contribution in [0.2, 0.25) is 0 Å². The first-order valence-electron chi connectivity index (χ1n) is 8.65. The van der Waals surface area contributed by atoms with Gasteiger partial charge in [0.25, 0.3) is 0 Å². The van der Waals surface area contributed by atoms with Gasteiger partial charge in [-0.1, -0.05) is 20.8 Å². The second kappa shape index (κ2) is 6.54. The van der Waals surface area contributed by atoms with Gasteiger partial charge in [-0.15, -0.1) is 0 Å². The maximum absolute atomic E-state index is 12.1. The van der Waals surface area contributed by atoms with E-state index < -0.39 is 5.60 Å². The van der Waals surface area contributed by atoms with Gasteiger partial charge >= 0.3 is 6.09 Å². The lowest BCUT2D eigenvalue weighted by molar-refractivity contribution is 0.0185. The Morgan fingerprint density at radius 3 is 2.39 bits per heavy atom. The maximum atomic E-state index is 12.1. The van der Waals surface area contributed by atoms with Crippen molar-refractivity contribution in [2.75, 3.05) is 13.1 Å². The first-order valence-corrected chi connectivity index (χ1v) is 8.65. The molecule has 1 aromatic heterocycles. The van der Waals surface area contributed by atoms with Crippen LogP contribution in [0.15, 0.2) is 12.4 Å². The number of ether oxygens (including phenoxy) is 1. The molecule has 5 nitrogen and oxygen atoms in total. The highest BCUT2D eigenvalue weighted by Crippen LogP contribution is 2.29. The summed E-state index contributed by atoms with van der Waals surface area (Å²) in [7, 11) is 0. The van der Waals surface area contributed by atoms with Crippen LogP contribution in [0.1, 0.15) is 72.4 Å². The number of hydrogen-bond donors (Lipinski definition) is 0. The minimum absolute atomic E-state index is 0.162. The number of piperidine rings is 1. The van der Waals surface area contributed by atoms with E-state index in [1.807, 2.05) is 31.9 Å². The van der Waals surface area contributed by atoms with E-state index in [4.69, 9.17) is 4.74 Å². The number of amides is 1. The molecule has 1 saturated heterocycles. The zero-order valence-corrected chi connectivity index (χ0v) is 15.4. The first-order chi connectivity index (χ1) is 10.6. The van der Waals surface area contributed by atoms with Gasteiger partial charge in [-0.05, 0) is 51.0 Å². The molecule has 0 radical (unpaired) electrons. The van der Waals surface area contributed by atoms with Gasteiger partial charge in [0.2, 0.25) is 0 Å². The van der Waals surface area contributed by atoms with Gasteiger partial charge in [-0.2, -0.15) is 5.10 Å². The fraction of sp³-hybridized carbons (Fsp3) is 0.778. The predicted molar refractivity (Wildman–Crippen MR) is 91.6 cm³/mol. The fourth-order valence-corrected chi connectivity index (χ4v) is 2.73. The molecule has 0 atom stereocenters. The van der Waals surface area contributed by atoms with Crippen molar-refractivity contribution in [2.24, 2.45) is 0 Å². The summed E-state index contributed by atoms with van der Waals surface area (Å²) in [5.74, 6) is 0. The average Bonchev–Trinajstić information content (AvgIpc) is 2.96. The molecule has 1 aliphatic heterocycles. The molecular formula is C18H31N3O2. The van der Waals surface area contributed by atoms with E-state index in [2.05, 4.69) is 36.7 Å². The van der Waals surface area contributed by atoms with Gasteiger partial charge in [0.15, 0.2) is 0 Å². The highest BCUT2D eigenvalue weighted by molar-refractivity contribution is 5.68. The molecule has 1 fully saturated rings. The van der Waals surface area contributed by atoms with Crippen LogP contribution >= 0.6 is 0 Å². The van der Waals surface area contributed by atoms with Gasteiger partial charge in [0.1, 0.15) is 5.60 Å². The van der Waals surface area contributed by atoms with E-state index in [9.17, 15) is 4.79 Å². The van der Waals surface area contributed by atoms with E-state index in [0.29, 0.717) is 6.04 Å². The Kier molecular flexibility index (Phi) is 5.07. The summed E-state index contributed by atoms with van der Waals surface area (Å²) in [6.45, 7) is 13.9. The number of rotatable bonds is 3. The fourth-order valence-electron chi connectivity index (χ4n) is 2.73. The number of carbonyl (C=O) groups is 1. The molecule has 0 aliphatic carbocycles. The van der Waals surface area contributed by atoms with Gasteiger partial charge in [0, 0.05) is 19.3 Å². The molecule has 0 saturated carbocycles. The van der Waals surface area contributed by atoms with Crippen molar-refractivity contribution >= 4 is 6.09 Å². The van der Waals surface area contributed by atoms with Crippen molar-refractivity contribution in [3.63, 3.8) is 0 Å². The van der Waals surface area contributed by atoms with Crippen LogP contribution in [0.5, 0.6) is 0 Å². The molecule has 1 aromatic rings. The second-order valence-electron chi connectivity index (χ2n) is 8.15. The third-order valence-electron chi connectivity index (χ3n) is 4.76. The zero-order chi connectivity index (χ0) is 17.3. The molecule has 1 amide bonds. The SMILES string of the molecule is CCC(C)(C)c1cnn(C2CCN(C(=O)OC(C)(C)C)CC2)c1. The average molecular weight is 321 g/mol. The Morgan fingerprint density at radius 2 is 1.87 bits per heavy atom. The normalized spacial score (nSPS) is 17.4. The Labute approximate surface area is 140 Å². The summed E-state index contributed by atoms with van der Waals surface area (Å²) in [5.41, 5.74) is 1.01. The smallest absolute Gasteiger partial charge is 0.410 e. The maximum Gasteiger partial charge on any atom is 0.410 e. The standard InChI is InChI=1S/C18H31N3O2/c1-7-18(5,6)14-12-19-21(13-14)15-8-10-20(11-9-15)16(22)23-17(2,3)4/h12-13,15H,7-11H2,1-6H3. The van der Waals surface area contributed by atoms with Crippen molar-refractivity contribution < 1.29 is 9.53 Å². The Bertz CT molecular complexity index is 535. The van der Waals surface area contributed by atoms with Gasteiger partial charge in [0.05, 0.1) is 12.2 Å². The van der Waals surface area contributed by atoms with Crippen molar-refractivity contribution in [3.05, 3.63) is 18.0 Å². The van der Waals surface area contributed by atoms with E-state index in [1.54, 1.807) is 0 Å². The van der Waals surface area contributed by atoms with Gasteiger partial charge in [-0.3, -0.25) is 4.68 Å². The lowest BCUT2D eigenvalue weighted by atomic mass is 9.84. The van der Waals surface area contributed by atoms with E-state index in [1.165, 1.54) is 5.56 Å². The predicted octanol–water partition coefficient (Wildman–Crippen LogP) is 4.14. The Morgan fingerprint density at radius 1 is 1.26 bits per heavy atom. The van der Waals surface area contributed by atoms with Crippen molar-refractivity contribution in [1.29, 1.82) is 0 Å². The highest BCUT2D eigenvalue weighted by atomic mass is 16.6. The topological polar surface area (TPSA) is 47.4 Å². The van der Waals surface area contributed by atoms with Crippen LogP contribution in [0.25, 0.3) is 0 Å². The number of likely N-dealkylation sites (tertiary alicyclic amines) is 1. The zero-order valence-electron chi connectivity index (χ0n) is 15.4. The third-order valence-corrected chi connectivity index (χ3v) is 4.76. The minimum Gasteiger partial charge on any atom is -0.444 e. The minimum atomic E-state index is -0.434. The van der Waals surface area contributed by atoms with Crippen molar-refractivity contribution in [1.82, 2.24) is 14.7 Å². The number of nitrogens with zero attached hydrogens (tertiary/aromatic N) is 3. The van der Waals surface area contributed by atoms with Crippen LogP contribution in [-0.2, 0) is 10.2 Å². The van der Waals surface area contributed by atoms with E-state index in [-0.39, 0.29) is 11.5 Å². The molecule has 0 spiro atoms. The van der Waals surface area contributed by atoms with Gasteiger partial charge < -0.3 is 9.64 Å². The summed E-state index contributed by atoms with van der Waals surface area (Å²) in [6, 6.07) is 0.370. The van der Waals surface area contributed by atoms with Crippen LogP contribution in [0.3, 0.4) is 0 Å². The van der Waals surface area contributed by atoms with E-state index >= 15 is 0 Å². The highest BCUT2D eigenvalue weighted by Gasteiger charge is 2.28. The van der Waals surface area contributed by atoms with E-state index in [0.717, 1.165) is 32.4 Å². The summed E-state index contributed by atoms with van der Waals surface area (Å²) >= 11 is 0. The molecule has 0 aromatic carbocycles. The summed E-state index contributed by atoms with van der Waals surface area (Å²) < 4.78 is 7.53. The summed E-state index contributed by atoms with van der Waals surface area (Å²) in [6.07, 6.45) is 6.90. The largest absolute Gasteiger partial charge is 0.444 e. The molecule has 0 bridgehead atoms. The molecule has 5 heteroatoms. The number of carbonyl (C=O) groups excluding carboxylic acids is 1. The summed E-state index contributed by atoms with van der Waals surface area (Å²) in [5, 5.41) is 4.57. The third kappa shape index (κ3) is 4.49. The molecule has 1 aliphatic rings. The Hall–Kier alpha value is -1.52. The number of aromatic nitrogens is 2. The molecule has 2 rings (SSSR count). The molecule has 130 valence electrons. The molecular weight excluding hydrogens is 290 g/mol. The summed E-state index contributed by atoms with van der Waals surface area (Å²) in [4.78, 5) is 13.9. The molecule has 0 unspecified atom stereocenters. The monoisotopic (exact) mass is 321 g/mol. The number of hydrogen-bond acceptors (Lipinski definition) is 3. The Balaban J connectivity index is 1.93. The lowest BCUT2D eigenvalue weighted by Crippen LogP contribution is -2.42. The lowest BCUT2D eigenvalue weighted by Gasteiger charge is -2.33. The van der Waals surface area contributed by atoms with Crippen LogP contribution < -0.4 is 0 Å². The van der Waals surface area contributed by atoms with Crippen LogP contribution in [-0.4, -0.2) is 39.5 Å². The van der Waals surface area contributed by atoms with Crippen molar-refractivity contribution in [2.45, 2.75) is 77.9 Å². The second-order valence-corrected chi connectivity index (χ2v) is 8.15. The molecule has 0 N–H and O–H groups in total. The molecule has 23 heavy (non-hydrogen) atoms. The van der Waals surface area contributed by atoms with Gasteiger partial charge in [-0.25, -0.2) is 4.79 Å². The van der Waals surface area contributed by atoms with Crippen LogP contribution in [0.4, 0.5) is 4.79 Å². The molecule has 2 heterocycles. The quantitative estimate of drug-likeness (QED) is 0.840.